The number of carbonyl (C=O) groups excluding carboxylic acids is 1. The van der Waals surface area contributed by atoms with Crippen LogP contribution in [-0.2, 0) is 11.8 Å². The molecule has 0 aliphatic heterocycles. The molecule has 1 unspecified atom stereocenters. The third kappa shape index (κ3) is 3.92. The van der Waals surface area contributed by atoms with Gasteiger partial charge in [-0.05, 0) is 66.9 Å². The number of anilines is 1. The zero-order chi connectivity index (χ0) is 22.3. The van der Waals surface area contributed by atoms with E-state index in [0.717, 1.165) is 16.7 Å². The Bertz CT molecular complexity index is 1430. The topological polar surface area (TPSA) is 88.9 Å². The van der Waals surface area contributed by atoms with E-state index < -0.39 is 6.04 Å². The summed E-state index contributed by atoms with van der Waals surface area (Å²) in [5.41, 5.74) is 3.35. The molecule has 4 rings (SSSR count). The van der Waals surface area contributed by atoms with Crippen LogP contribution in [0, 0.1) is 6.92 Å². The monoisotopic (exact) mass is 436 g/mol. The molecule has 8 heteroatoms. The number of pyridine rings is 1. The third-order valence-electron chi connectivity index (χ3n) is 5.37. The number of benzene rings is 2. The van der Waals surface area contributed by atoms with Crippen LogP contribution < -0.4 is 16.4 Å². The Kier molecular flexibility index (Phi) is 5.29. The van der Waals surface area contributed by atoms with Crippen LogP contribution in [0.4, 0.5) is 5.69 Å². The Balaban J connectivity index is 1.58. The third-order valence-corrected chi connectivity index (χ3v) is 5.60. The van der Waals surface area contributed by atoms with Crippen LogP contribution in [0.2, 0.25) is 5.02 Å². The summed E-state index contributed by atoms with van der Waals surface area (Å²) in [4.78, 5) is 37.5. The number of hydrogen-bond acceptors (Lipinski definition) is 3. The van der Waals surface area contributed by atoms with E-state index in [9.17, 15) is 14.4 Å². The number of carbonyl (C=O) groups is 1. The number of amides is 1. The number of halogens is 1. The fourth-order valence-corrected chi connectivity index (χ4v) is 3.74. The summed E-state index contributed by atoms with van der Waals surface area (Å²) in [6, 6.07) is 13.1. The fraction of sp³-hybridized carbons (Fsp3) is 0.174. The van der Waals surface area contributed by atoms with E-state index in [2.05, 4.69) is 10.4 Å². The lowest BCUT2D eigenvalue weighted by molar-refractivity contribution is -0.118. The van der Waals surface area contributed by atoms with Gasteiger partial charge in [0, 0.05) is 30.0 Å². The minimum Gasteiger partial charge on any atom is -0.324 e. The average molecular weight is 437 g/mol. The molecular weight excluding hydrogens is 416 g/mol. The molecule has 0 spiro atoms. The van der Waals surface area contributed by atoms with Gasteiger partial charge in [0.2, 0.25) is 5.91 Å². The minimum atomic E-state index is -0.729. The van der Waals surface area contributed by atoms with Crippen LogP contribution in [0.5, 0.6) is 0 Å². The van der Waals surface area contributed by atoms with Gasteiger partial charge >= 0.3 is 0 Å². The molecule has 2 heterocycles. The van der Waals surface area contributed by atoms with Crippen molar-refractivity contribution in [3.8, 4) is 11.1 Å². The molecule has 2 aromatic heterocycles. The lowest BCUT2D eigenvalue weighted by Crippen LogP contribution is -2.31. The largest absolute Gasteiger partial charge is 0.324 e. The van der Waals surface area contributed by atoms with Gasteiger partial charge in [0.05, 0.1) is 10.9 Å². The average Bonchev–Trinajstić information content (AvgIpc) is 3.02. The lowest BCUT2D eigenvalue weighted by atomic mass is 10.0. The number of H-pyrrole nitrogens is 1. The van der Waals surface area contributed by atoms with Crippen LogP contribution in [0.3, 0.4) is 0 Å². The van der Waals surface area contributed by atoms with Gasteiger partial charge in [0.15, 0.2) is 0 Å². The van der Waals surface area contributed by atoms with E-state index in [4.69, 9.17) is 11.6 Å². The molecule has 1 amide bonds. The van der Waals surface area contributed by atoms with Crippen molar-refractivity contribution in [3.63, 3.8) is 0 Å². The molecule has 0 aliphatic rings. The number of hydrogen-bond donors (Lipinski definition) is 2. The number of aromatic nitrogens is 3. The highest BCUT2D eigenvalue weighted by atomic mass is 35.5. The molecule has 4 aromatic rings. The summed E-state index contributed by atoms with van der Waals surface area (Å²) >= 11 is 6.10. The lowest BCUT2D eigenvalue weighted by Gasteiger charge is -2.16. The summed E-state index contributed by atoms with van der Waals surface area (Å²) in [6.45, 7) is 3.61. The van der Waals surface area contributed by atoms with Gasteiger partial charge < -0.3 is 9.88 Å². The van der Waals surface area contributed by atoms with Gasteiger partial charge in [-0.2, -0.15) is 0 Å². The first-order valence-corrected chi connectivity index (χ1v) is 10.1. The summed E-state index contributed by atoms with van der Waals surface area (Å²) in [7, 11) is 1.63. The molecule has 7 nitrogen and oxygen atoms in total. The van der Waals surface area contributed by atoms with Crippen molar-refractivity contribution < 1.29 is 4.79 Å². The maximum Gasteiger partial charge on any atom is 0.274 e. The van der Waals surface area contributed by atoms with E-state index >= 15 is 0 Å². The maximum atomic E-state index is 12.8. The number of aromatic amines is 1. The zero-order valence-corrected chi connectivity index (χ0v) is 18.0. The molecule has 0 saturated heterocycles. The van der Waals surface area contributed by atoms with Crippen molar-refractivity contribution >= 4 is 34.1 Å². The van der Waals surface area contributed by atoms with Gasteiger partial charge in [0.1, 0.15) is 6.04 Å². The number of fused-ring (bicyclic) bond motifs is 1. The molecule has 31 heavy (non-hydrogen) atoms. The zero-order valence-electron chi connectivity index (χ0n) is 17.3. The second kappa shape index (κ2) is 7.92. The van der Waals surface area contributed by atoms with E-state index in [1.165, 1.54) is 15.3 Å². The molecule has 0 radical (unpaired) electrons. The Labute approximate surface area is 182 Å². The first kappa shape index (κ1) is 20.7. The molecule has 158 valence electrons. The second-order valence-electron chi connectivity index (χ2n) is 7.52. The number of rotatable bonds is 4. The first-order valence-electron chi connectivity index (χ1n) is 9.73. The molecule has 0 aliphatic carbocycles. The molecule has 2 N–H and O–H groups in total. The summed E-state index contributed by atoms with van der Waals surface area (Å²) in [5, 5.41) is 6.86. The van der Waals surface area contributed by atoms with Gasteiger partial charge in [-0.25, -0.2) is 0 Å². The van der Waals surface area contributed by atoms with Gasteiger partial charge in [0.25, 0.3) is 11.1 Å². The predicted octanol–water partition coefficient (Wildman–Crippen LogP) is 3.86. The first-order chi connectivity index (χ1) is 14.7. The quantitative estimate of drug-likeness (QED) is 0.509. The summed E-state index contributed by atoms with van der Waals surface area (Å²) in [5.74, 6) is -0.341. The van der Waals surface area contributed by atoms with Crippen molar-refractivity contribution in [1.82, 2.24) is 14.3 Å². The molecule has 1 atom stereocenters. The van der Waals surface area contributed by atoms with Crippen LogP contribution in [0.25, 0.3) is 22.0 Å². The van der Waals surface area contributed by atoms with E-state index in [1.807, 2.05) is 19.1 Å². The summed E-state index contributed by atoms with van der Waals surface area (Å²) in [6.07, 6.45) is 1.61. The standard InChI is InChI=1S/C23H21ClN4O3/c1-13-4-5-16(24)11-19(13)15-8-9-28(21(29)10-15)14(2)22(30)25-17-6-7-18-20(12-17)26-27(3)23(18)31/h4-12,14,26H,1-3H3,(H,25,30). The SMILES string of the molecule is Cc1ccc(Cl)cc1-c1ccn(C(C)C(=O)Nc2ccc3c(=O)n(C)[nH]c3c2)c(=O)c1. The van der Waals surface area contributed by atoms with Crippen molar-refractivity contribution in [1.29, 1.82) is 0 Å². The fourth-order valence-electron chi connectivity index (χ4n) is 3.57. The van der Waals surface area contributed by atoms with Crippen LogP contribution >= 0.6 is 11.6 Å². The molecule has 0 saturated carbocycles. The van der Waals surface area contributed by atoms with Crippen molar-refractivity contribution in [2.45, 2.75) is 19.9 Å². The van der Waals surface area contributed by atoms with Crippen LogP contribution in [0.15, 0.2) is 64.3 Å². The highest BCUT2D eigenvalue weighted by molar-refractivity contribution is 6.30. The predicted molar refractivity (Wildman–Crippen MR) is 123 cm³/mol. The smallest absolute Gasteiger partial charge is 0.274 e. The number of nitrogens with zero attached hydrogens (tertiary/aromatic N) is 2. The molecule has 0 fully saturated rings. The van der Waals surface area contributed by atoms with Crippen LogP contribution in [0.1, 0.15) is 18.5 Å². The Morgan fingerprint density at radius 1 is 1.10 bits per heavy atom. The van der Waals surface area contributed by atoms with Crippen molar-refractivity contribution in [2.24, 2.45) is 7.05 Å². The van der Waals surface area contributed by atoms with E-state index in [1.54, 1.807) is 50.5 Å². The number of aryl methyl sites for hydroxylation is 2. The van der Waals surface area contributed by atoms with E-state index in [-0.39, 0.29) is 17.0 Å². The van der Waals surface area contributed by atoms with Gasteiger partial charge in [-0.15, -0.1) is 0 Å². The van der Waals surface area contributed by atoms with Gasteiger partial charge in [-0.1, -0.05) is 17.7 Å². The molecular formula is C23H21ClN4O3. The Morgan fingerprint density at radius 2 is 1.87 bits per heavy atom. The van der Waals surface area contributed by atoms with Crippen molar-refractivity contribution in [2.75, 3.05) is 5.32 Å². The highest BCUT2D eigenvalue weighted by Gasteiger charge is 2.17. The summed E-state index contributed by atoms with van der Waals surface area (Å²) < 4.78 is 2.75. The highest BCUT2D eigenvalue weighted by Crippen LogP contribution is 2.26. The Hall–Kier alpha value is -3.58. The normalized spacial score (nSPS) is 12.1. The Morgan fingerprint density at radius 3 is 2.61 bits per heavy atom. The minimum absolute atomic E-state index is 0.136. The van der Waals surface area contributed by atoms with Crippen molar-refractivity contribution in [3.05, 3.63) is 86.0 Å². The molecule has 0 bridgehead atoms. The van der Waals surface area contributed by atoms with Crippen LogP contribution in [-0.4, -0.2) is 20.3 Å². The number of nitrogens with one attached hydrogen (secondary N) is 2. The van der Waals surface area contributed by atoms with E-state index in [0.29, 0.717) is 21.6 Å². The second-order valence-corrected chi connectivity index (χ2v) is 7.96. The maximum absolute atomic E-state index is 12.8. The van der Waals surface area contributed by atoms with Gasteiger partial charge in [-0.3, -0.25) is 24.2 Å². The molecule has 2 aromatic carbocycles.